The van der Waals surface area contributed by atoms with Crippen LogP contribution in [0, 0.1) is 11.3 Å². The minimum absolute atomic E-state index is 0.292. The molecule has 2 nitrogen and oxygen atoms in total. The third kappa shape index (κ3) is 2.24. The van der Waals surface area contributed by atoms with Crippen molar-refractivity contribution < 1.29 is 0 Å². The topological polar surface area (TPSA) is 36.7 Å². The molecule has 0 N–H and O–H groups in total. The van der Waals surface area contributed by atoms with Crippen LogP contribution in [0.2, 0.25) is 0 Å². The van der Waals surface area contributed by atoms with Gasteiger partial charge in [0.05, 0.1) is 6.07 Å². The molecule has 1 unspecified atom stereocenters. The van der Waals surface area contributed by atoms with Gasteiger partial charge < -0.3 is 0 Å². The van der Waals surface area contributed by atoms with Crippen LogP contribution in [0.25, 0.3) is 0 Å². The van der Waals surface area contributed by atoms with Crippen LogP contribution in [0.15, 0.2) is 36.2 Å². The van der Waals surface area contributed by atoms with E-state index in [-0.39, 0.29) is 0 Å². The van der Waals surface area contributed by atoms with Crippen LogP contribution < -0.4 is 0 Å². The molecule has 0 radical (unpaired) electrons. The Bertz CT molecular complexity index is 387. The van der Waals surface area contributed by atoms with Gasteiger partial charge in [-0.3, -0.25) is 4.98 Å². The predicted molar refractivity (Wildman–Crippen MR) is 59.1 cm³/mol. The Morgan fingerprint density at radius 1 is 1.27 bits per heavy atom. The SMILES string of the molecule is N#CC1=CCCCCC1c1ccncc1. The summed E-state index contributed by atoms with van der Waals surface area (Å²) >= 11 is 0. The highest BCUT2D eigenvalue weighted by Gasteiger charge is 2.17. The second kappa shape index (κ2) is 4.75. The number of hydrogen-bond donors (Lipinski definition) is 0. The Balaban J connectivity index is 2.30. The largest absolute Gasteiger partial charge is 0.265 e. The quantitative estimate of drug-likeness (QED) is 0.694. The Morgan fingerprint density at radius 3 is 2.80 bits per heavy atom. The van der Waals surface area contributed by atoms with Crippen molar-refractivity contribution in [1.82, 2.24) is 4.98 Å². The van der Waals surface area contributed by atoms with Gasteiger partial charge in [-0.2, -0.15) is 5.26 Å². The number of nitriles is 1. The molecule has 0 saturated heterocycles. The third-order valence-electron chi connectivity index (χ3n) is 2.92. The summed E-state index contributed by atoms with van der Waals surface area (Å²) in [5.41, 5.74) is 2.15. The molecule has 1 aliphatic rings. The Kier molecular flexibility index (Phi) is 3.14. The molecule has 2 rings (SSSR count). The van der Waals surface area contributed by atoms with Crippen molar-refractivity contribution in [2.45, 2.75) is 31.6 Å². The molecule has 1 aliphatic carbocycles. The lowest BCUT2D eigenvalue weighted by Crippen LogP contribution is -2.00. The summed E-state index contributed by atoms with van der Waals surface area (Å²) in [4.78, 5) is 4.01. The molecule has 0 fully saturated rings. The van der Waals surface area contributed by atoms with E-state index in [1.165, 1.54) is 18.4 Å². The fourth-order valence-electron chi connectivity index (χ4n) is 2.11. The van der Waals surface area contributed by atoms with E-state index in [0.717, 1.165) is 18.4 Å². The molecule has 76 valence electrons. The van der Waals surface area contributed by atoms with E-state index in [1.807, 2.05) is 12.1 Å². The van der Waals surface area contributed by atoms with E-state index in [9.17, 15) is 0 Å². The van der Waals surface area contributed by atoms with Gasteiger partial charge in [0.25, 0.3) is 0 Å². The molecule has 1 aromatic heterocycles. The number of nitrogens with zero attached hydrogens (tertiary/aromatic N) is 2. The van der Waals surface area contributed by atoms with Crippen molar-refractivity contribution in [3.8, 4) is 6.07 Å². The van der Waals surface area contributed by atoms with Crippen LogP contribution in [0.1, 0.15) is 37.2 Å². The summed E-state index contributed by atoms with van der Waals surface area (Å²) in [5.74, 6) is 0.292. The number of rotatable bonds is 1. The maximum absolute atomic E-state index is 9.11. The second-order valence-corrected chi connectivity index (χ2v) is 3.89. The van der Waals surface area contributed by atoms with Gasteiger partial charge in [-0.15, -0.1) is 0 Å². The fourth-order valence-corrected chi connectivity index (χ4v) is 2.11. The molecule has 15 heavy (non-hydrogen) atoms. The third-order valence-corrected chi connectivity index (χ3v) is 2.92. The van der Waals surface area contributed by atoms with Crippen molar-refractivity contribution in [2.24, 2.45) is 0 Å². The second-order valence-electron chi connectivity index (χ2n) is 3.89. The highest BCUT2D eigenvalue weighted by molar-refractivity contribution is 5.36. The van der Waals surface area contributed by atoms with Gasteiger partial charge in [-0.25, -0.2) is 0 Å². The highest BCUT2D eigenvalue weighted by atomic mass is 14.6. The summed E-state index contributed by atoms with van der Waals surface area (Å²) in [6.45, 7) is 0. The predicted octanol–water partition coefficient (Wildman–Crippen LogP) is 3.19. The molecular weight excluding hydrogens is 184 g/mol. The first-order chi connectivity index (χ1) is 7.42. The normalized spacial score (nSPS) is 21.3. The van der Waals surface area contributed by atoms with Crippen LogP contribution in [0.5, 0.6) is 0 Å². The van der Waals surface area contributed by atoms with E-state index in [2.05, 4.69) is 17.1 Å². The Hall–Kier alpha value is -1.62. The van der Waals surface area contributed by atoms with Crippen molar-refractivity contribution in [3.63, 3.8) is 0 Å². The van der Waals surface area contributed by atoms with Crippen molar-refractivity contribution in [1.29, 1.82) is 5.26 Å². The van der Waals surface area contributed by atoms with Gasteiger partial charge >= 0.3 is 0 Å². The maximum atomic E-state index is 9.11. The molecule has 1 aromatic rings. The van der Waals surface area contributed by atoms with Crippen LogP contribution in [0.4, 0.5) is 0 Å². The van der Waals surface area contributed by atoms with Gasteiger partial charge in [0.15, 0.2) is 0 Å². The molecule has 0 bridgehead atoms. The molecule has 1 atom stereocenters. The molecule has 0 aromatic carbocycles. The van der Waals surface area contributed by atoms with Crippen molar-refractivity contribution in [3.05, 3.63) is 41.7 Å². The zero-order chi connectivity index (χ0) is 10.5. The van der Waals surface area contributed by atoms with E-state index in [0.29, 0.717) is 5.92 Å². The van der Waals surface area contributed by atoms with E-state index < -0.39 is 0 Å². The monoisotopic (exact) mass is 198 g/mol. The molecule has 0 spiro atoms. The number of hydrogen-bond acceptors (Lipinski definition) is 2. The summed E-state index contributed by atoms with van der Waals surface area (Å²) in [6, 6.07) is 6.36. The Labute approximate surface area is 90.3 Å². The van der Waals surface area contributed by atoms with E-state index in [1.54, 1.807) is 12.4 Å². The average Bonchev–Trinajstić information content (AvgIpc) is 2.55. The summed E-state index contributed by atoms with van der Waals surface area (Å²) in [7, 11) is 0. The Morgan fingerprint density at radius 2 is 2.07 bits per heavy atom. The lowest BCUT2D eigenvalue weighted by Gasteiger charge is -2.13. The smallest absolute Gasteiger partial charge is 0.0950 e. The molecule has 0 saturated carbocycles. The molecule has 1 heterocycles. The number of pyridine rings is 1. The minimum atomic E-state index is 0.292. The maximum Gasteiger partial charge on any atom is 0.0950 e. The van der Waals surface area contributed by atoms with Gasteiger partial charge in [0, 0.05) is 23.9 Å². The van der Waals surface area contributed by atoms with Gasteiger partial charge in [0.1, 0.15) is 0 Å². The number of aromatic nitrogens is 1. The van der Waals surface area contributed by atoms with E-state index in [4.69, 9.17) is 5.26 Å². The summed E-state index contributed by atoms with van der Waals surface area (Å²) in [5, 5.41) is 9.11. The lowest BCUT2D eigenvalue weighted by molar-refractivity contribution is 0.656. The van der Waals surface area contributed by atoms with Crippen molar-refractivity contribution in [2.75, 3.05) is 0 Å². The molecule has 0 amide bonds. The lowest BCUT2D eigenvalue weighted by atomic mass is 9.89. The zero-order valence-corrected chi connectivity index (χ0v) is 8.69. The van der Waals surface area contributed by atoms with Crippen LogP contribution in [-0.4, -0.2) is 4.98 Å². The van der Waals surface area contributed by atoms with Crippen LogP contribution in [-0.2, 0) is 0 Å². The van der Waals surface area contributed by atoms with Crippen molar-refractivity contribution >= 4 is 0 Å². The van der Waals surface area contributed by atoms with Gasteiger partial charge in [-0.05, 0) is 37.0 Å². The zero-order valence-electron chi connectivity index (χ0n) is 8.69. The average molecular weight is 198 g/mol. The molecule has 2 heteroatoms. The summed E-state index contributed by atoms with van der Waals surface area (Å²) in [6.07, 6.45) is 10.2. The molecule has 0 aliphatic heterocycles. The van der Waals surface area contributed by atoms with Crippen LogP contribution in [0.3, 0.4) is 0 Å². The van der Waals surface area contributed by atoms with E-state index >= 15 is 0 Å². The first-order valence-electron chi connectivity index (χ1n) is 5.42. The summed E-state index contributed by atoms with van der Waals surface area (Å²) < 4.78 is 0. The number of allylic oxidation sites excluding steroid dienone is 2. The minimum Gasteiger partial charge on any atom is -0.265 e. The fraction of sp³-hybridized carbons (Fsp3) is 0.385. The highest BCUT2D eigenvalue weighted by Crippen LogP contribution is 2.32. The first-order valence-corrected chi connectivity index (χ1v) is 5.42. The standard InChI is InChI=1S/C13H14N2/c14-10-12-4-2-1-3-5-13(12)11-6-8-15-9-7-11/h4,6-9,13H,1-3,5H2. The van der Waals surface area contributed by atoms with Gasteiger partial charge in [-0.1, -0.05) is 12.5 Å². The molecular formula is C13H14N2. The van der Waals surface area contributed by atoms with Gasteiger partial charge in [0.2, 0.25) is 0 Å². The first kappa shape index (κ1) is 9.92. The van der Waals surface area contributed by atoms with Crippen LogP contribution >= 0.6 is 0 Å².